The van der Waals surface area contributed by atoms with Gasteiger partial charge in [-0.1, -0.05) is 0 Å². The minimum Gasteiger partial charge on any atom is -0.479 e. The lowest BCUT2D eigenvalue weighted by atomic mass is 9.94. The van der Waals surface area contributed by atoms with E-state index in [2.05, 4.69) is 29.8 Å². The summed E-state index contributed by atoms with van der Waals surface area (Å²) < 4.78 is 453. The second kappa shape index (κ2) is 43.5. The summed E-state index contributed by atoms with van der Waals surface area (Å²) in [6.07, 6.45) is -110. The van der Waals surface area contributed by atoms with Crippen LogP contribution >= 0.6 is 0 Å². The Kier molecular flexibility index (Phi) is 37.2. The molecular formula is C48H78N4O71S10. The maximum absolute atomic E-state index is 13.4. The summed E-state index contributed by atoms with van der Waals surface area (Å²) in [5, 5.41) is 177. The highest BCUT2D eigenvalue weighted by molar-refractivity contribution is 7.85. The minimum absolute atomic E-state index is 1.08. The average molecular weight is 2170 g/mol. The highest BCUT2D eigenvalue weighted by Gasteiger charge is 2.64. The molecule has 8 aliphatic heterocycles. The van der Waals surface area contributed by atoms with Gasteiger partial charge in [-0.25, -0.2) is 44.3 Å². The fraction of sp³-hybridized carbons (Fsp3) is 0.917. The van der Waals surface area contributed by atoms with E-state index in [1.807, 2.05) is 0 Å². The van der Waals surface area contributed by atoms with E-state index < -0.39 is 399 Å². The van der Waals surface area contributed by atoms with E-state index in [-0.39, 0.29) is 0 Å². The van der Waals surface area contributed by atoms with Crippen molar-refractivity contribution in [3.8, 4) is 0 Å². The Morgan fingerprint density at radius 2 is 0.451 bits per heavy atom. The average Bonchev–Trinajstić information content (AvgIpc) is 0.760. The summed E-state index contributed by atoms with van der Waals surface area (Å²) in [7, 11) is -60.1. The Hall–Kier alpha value is -4.50. The van der Waals surface area contributed by atoms with Gasteiger partial charge in [-0.05, 0) is 0 Å². The number of nitrogens with one attached hydrogen (secondary N) is 4. The summed E-state index contributed by atoms with van der Waals surface area (Å²) in [5.74, 6) is -9.94. The van der Waals surface area contributed by atoms with Gasteiger partial charge in [0.25, 0.3) is 0 Å². The highest BCUT2D eigenvalue weighted by Crippen LogP contribution is 2.42. The lowest BCUT2D eigenvalue weighted by Crippen LogP contribution is -2.71. The molecule has 0 aliphatic carbocycles. The van der Waals surface area contributed by atoms with Crippen LogP contribution in [0.2, 0.25) is 0 Å². The second-order valence-corrected chi connectivity index (χ2v) is 39.4. The van der Waals surface area contributed by atoms with Crippen molar-refractivity contribution in [3.63, 3.8) is 0 Å². The van der Waals surface area contributed by atoms with Crippen molar-refractivity contribution < 1.29 is 327 Å². The maximum atomic E-state index is 13.4. The van der Waals surface area contributed by atoms with Crippen molar-refractivity contribution in [1.82, 2.24) is 18.9 Å². The first-order valence-electron chi connectivity index (χ1n) is 35.1. The van der Waals surface area contributed by atoms with E-state index in [1.54, 1.807) is 0 Å². The Labute approximate surface area is 741 Å². The van der Waals surface area contributed by atoms with E-state index >= 15 is 0 Å². The number of rotatable bonds is 42. The zero-order valence-corrected chi connectivity index (χ0v) is 72.2. The number of carboxylic acids is 4. The van der Waals surface area contributed by atoms with Crippen LogP contribution in [-0.4, -0.2) is 507 Å². The molecule has 0 radical (unpaired) electrons. The first-order valence-corrected chi connectivity index (χ1v) is 49.0. The topological polar surface area (TPSA) is 1180 Å². The molecule has 133 heavy (non-hydrogen) atoms. The molecule has 40 atom stereocenters. The van der Waals surface area contributed by atoms with Crippen LogP contribution in [0.25, 0.3) is 0 Å². The van der Waals surface area contributed by atoms with Crippen molar-refractivity contribution in [2.45, 2.75) is 245 Å². The lowest BCUT2D eigenvalue weighted by molar-refractivity contribution is -0.379. The Balaban J connectivity index is 1.12. The number of aliphatic hydroxyl groups is 12. The Morgan fingerprint density at radius 3 is 0.714 bits per heavy atom. The molecule has 0 aromatic heterocycles. The number of hydrogen-bond acceptors (Lipinski definition) is 57. The van der Waals surface area contributed by atoms with E-state index in [0.29, 0.717) is 0 Å². The van der Waals surface area contributed by atoms with Crippen LogP contribution in [-0.2, 0) is 219 Å². The summed E-state index contributed by atoms with van der Waals surface area (Å²) in [4.78, 5) is 51.8. The maximum Gasteiger partial charge on any atom is 0.397 e. The number of aliphatic hydroxyl groups excluding tert-OH is 12. The van der Waals surface area contributed by atoms with Crippen molar-refractivity contribution in [2.24, 2.45) is 0 Å². The van der Waals surface area contributed by atoms with Gasteiger partial charge in [0.05, 0.1) is 26.4 Å². The summed E-state index contributed by atoms with van der Waals surface area (Å²) in [5.41, 5.74) is 0. The summed E-state index contributed by atoms with van der Waals surface area (Å²) >= 11 is 0. The molecule has 776 valence electrons. The number of carbonyl (C=O) groups is 4. The largest absolute Gasteiger partial charge is 0.479 e. The van der Waals surface area contributed by atoms with Crippen LogP contribution in [0.1, 0.15) is 0 Å². The van der Waals surface area contributed by atoms with Gasteiger partial charge in [0.1, 0.15) is 158 Å². The molecule has 0 saturated carbocycles. The summed E-state index contributed by atoms with van der Waals surface area (Å²) in [6, 6.07) is -12.0. The third kappa shape index (κ3) is 31.2. The van der Waals surface area contributed by atoms with Gasteiger partial charge < -0.3 is 153 Å². The molecule has 30 N–H and O–H groups in total. The molecule has 8 fully saturated rings. The predicted octanol–water partition coefficient (Wildman–Crippen LogP) is -21.5. The van der Waals surface area contributed by atoms with Crippen molar-refractivity contribution in [3.05, 3.63) is 0 Å². The van der Waals surface area contributed by atoms with Crippen LogP contribution < -0.4 is 18.9 Å². The van der Waals surface area contributed by atoms with Gasteiger partial charge in [0.2, 0.25) is 0 Å². The van der Waals surface area contributed by atoms with Gasteiger partial charge in [-0.15, -0.1) is 0 Å². The molecule has 8 rings (SSSR count). The number of hydrogen-bond donors (Lipinski definition) is 30. The van der Waals surface area contributed by atoms with Crippen LogP contribution in [0.3, 0.4) is 0 Å². The molecule has 0 aromatic carbocycles. The monoisotopic (exact) mass is 2170 g/mol. The SMILES string of the molecule is O=C(O)[C@H]1O[C@@H](O[C@H]2[C@H](O)[C@@H](NS(=O)(=O)O)[C@@H](O[C@H]3[C@H](O)[C@@H](OS(=O)(=O)O)[C@H](O[C@H]4[C@H](O)[C@@H](NS(=O)(=O)O)[C@@H](O[C@H]5[C@H](O)[C@@H](OS(=O)(=O)O)[C@H](O[C@H]6[C@H](O)[C@@H](NS(=O)(=O)O)[C@@H](O[C@H]7[C@H](O)[C@@H](O)C(O)O[C@@H]7C(=O)O)O[C@@H]6COS(=O)(=O)O)O[C@@H]5C(=O)O)O[C@@H]4COS(=O)(=O)O)O[C@@H]3C(=O)O)O[C@@H]2COS(=O)(=O)O)[C@@H](O)[C@@H](O)[C@@H]1O[C@H]1O[C@H](COS(=O)(=O)O)[C@@H](O)[C@H](O)[C@H]1NS(=O)(=O)O. The predicted molar refractivity (Wildman–Crippen MR) is 379 cm³/mol. The Bertz CT molecular complexity index is 5290. The molecule has 1 unspecified atom stereocenters. The van der Waals surface area contributed by atoms with Crippen LogP contribution in [0.15, 0.2) is 0 Å². The van der Waals surface area contributed by atoms with Gasteiger partial charge in [0.15, 0.2) is 86.9 Å². The van der Waals surface area contributed by atoms with Gasteiger partial charge in [-0.3, -0.25) is 45.5 Å². The quantitative estimate of drug-likeness (QED) is 0.0252. The first-order chi connectivity index (χ1) is 60.4. The number of ether oxygens (including phenoxy) is 15. The second-order valence-electron chi connectivity index (χ2n) is 28.1. The van der Waals surface area contributed by atoms with E-state index in [1.165, 1.54) is 9.44 Å². The van der Waals surface area contributed by atoms with E-state index in [0.717, 1.165) is 9.44 Å². The fourth-order valence-electron chi connectivity index (χ4n) is 13.6. The fourth-order valence-corrected chi connectivity index (χ4v) is 18.2. The molecular weight excluding hydrogens is 2090 g/mol. The molecule has 0 aromatic rings. The molecule has 75 nitrogen and oxygen atoms in total. The molecule has 0 bridgehead atoms. The molecule has 0 amide bonds. The standard InChI is InChI=1S/C48H78N4O71S10/c53-13-5(1-103-128(85,86)87)107-42(9(14(13)54)49-124(73,74)75)116-28-19(59)21(61)46(119-34(28)38(66)67)112-24-6(2-104-129(88,89)90)108-44(10(15(24)55)50-125(76,77)78)117-29-22(62)31(122-132(97,98)99)48(120-35(29)39(68)69)114-26-8(4-106-131(94,95)96)110-45(12(17(26)57)52-127(82,83)84)118-30-23(63)32(123-133(100,101)102)47(121-36(30)40(70)71)113-25-7(3-105-130(91,92)93)109-43(11(16(25)56)51-126(79,80)81)115-27-18(58)20(60)41(72)111-33(27)37(64)65/h5-36,41-63,72H,1-4H2,(H,64,65)(H,66,67)(H,68,69)(H,70,71)(H,73,74,75)(H,76,77,78)(H,79,80,81)(H,82,83,84)(H,85,86,87)(H,88,89,90)(H,91,92,93)(H,94,95,96)(H,97,98,99)(H,100,101,102)/t5-,6-,7-,8-,9-,10-,11-,12-,13-,14-,15-,16-,17-,18-,19-,20-,21+,22+,23+,24-,25-,26-,27+,28+,29+,30+,31-,32-,33+,34+,35+,36+,41?,42-,43-,44-,45-,46-,47-,48-/m1/s1. The molecule has 8 saturated heterocycles. The molecule has 0 spiro atoms. The van der Waals surface area contributed by atoms with Crippen molar-refractivity contribution in [2.75, 3.05) is 26.4 Å². The zero-order chi connectivity index (χ0) is 101. The van der Waals surface area contributed by atoms with Gasteiger partial charge in [-0.2, -0.15) is 103 Å². The molecule has 85 heteroatoms. The highest BCUT2D eigenvalue weighted by atomic mass is 32.3. The molecule has 8 aliphatic rings. The van der Waals surface area contributed by atoms with Gasteiger partial charge >= 0.3 is 127 Å². The normalized spacial score (nSPS) is 40.9. The van der Waals surface area contributed by atoms with E-state index in [9.17, 15) is 226 Å². The number of aliphatic carboxylic acids is 4. The number of carboxylic acid groups (broad SMARTS) is 4. The molecule has 8 heterocycles. The smallest absolute Gasteiger partial charge is 0.397 e. The lowest BCUT2D eigenvalue weighted by Gasteiger charge is -2.50. The summed E-state index contributed by atoms with van der Waals surface area (Å²) in [6.45, 7) is -7.54. The third-order valence-corrected chi connectivity index (χ3v) is 24.0. The third-order valence-electron chi connectivity index (χ3n) is 19.0. The zero-order valence-electron chi connectivity index (χ0n) is 64.0. The van der Waals surface area contributed by atoms with Crippen LogP contribution in [0.4, 0.5) is 0 Å². The minimum atomic E-state index is -6.46. The van der Waals surface area contributed by atoms with Crippen LogP contribution in [0, 0.1) is 0 Å². The van der Waals surface area contributed by atoms with Crippen LogP contribution in [0.5, 0.6) is 0 Å². The van der Waals surface area contributed by atoms with Crippen molar-refractivity contribution >= 4 is 127 Å². The van der Waals surface area contributed by atoms with E-state index in [4.69, 9.17) is 70.9 Å². The Morgan fingerprint density at radius 1 is 0.226 bits per heavy atom. The van der Waals surface area contributed by atoms with Gasteiger partial charge in [0, 0.05) is 0 Å². The van der Waals surface area contributed by atoms with Crippen molar-refractivity contribution in [1.29, 1.82) is 0 Å². The first kappa shape index (κ1) is 114.